The summed E-state index contributed by atoms with van der Waals surface area (Å²) in [6.45, 7) is 3.52. The van der Waals surface area contributed by atoms with E-state index in [0.29, 0.717) is 16.6 Å². The molecule has 1 aromatic heterocycles. The summed E-state index contributed by atoms with van der Waals surface area (Å²) in [6.07, 6.45) is 2.71. The van der Waals surface area contributed by atoms with Crippen molar-refractivity contribution in [2.75, 3.05) is 18.5 Å². The van der Waals surface area contributed by atoms with Crippen LogP contribution in [0.15, 0.2) is 59.9 Å². The summed E-state index contributed by atoms with van der Waals surface area (Å²) in [6, 6.07) is 14.5. The molecule has 1 heterocycles. The number of ether oxygens (including phenoxy) is 2. The molecule has 0 aliphatic heterocycles. The number of benzene rings is 2. The first-order chi connectivity index (χ1) is 16.0. The zero-order chi connectivity index (χ0) is 23.6. The summed E-state index contributed by atoms with van der Waals surface area (Å²) >= 11 is 0. The van der Waals surface area contributed by atoms with Crippen LogP contribution in [0.3, 0.4) is 0 Å². The third-order valence-electron chi connectivity index (χ3n) is 4.53. The highest BCUT2D eigenvalue weighted by atomic mass is 16.6. The van der Waals surface area contributed by atoms with Gasteiger partial charge in [0.1, 0.15) is 6.33 Å². The van der Waals surface area contributed by atoms with Crippen molar-refractivity contribution in [3.8, 4) is 0 Å². The van der Waals surface area contributed by atoms with Crippen molar-refractivity contribution >= 4 is 46.5 Å². The molecule has 0 atom stereocenters. The lowest BCUT2D eigenvalue weighted by Gasteiger charge is -2.10. The molecule has 0 saturated heterocycles. The number of carbonyl (C=O) groups excluding carboxylic acids is 3. The number of hydrogen-bond acceptors (Lipinski definition) is 8. The monoisotopic (exact) mass is 448 g/mol. The third kappa shape index (κ3) is 6.42. The van der Waals surface area contributed by atoms with Crippen LogP contribution in [0.25, 0.3) is 10.9 Å². The Morgan fingerprint density at radius 3 is 2.36 bits per heavy atom. The normalized spacial score (nSPS) is 11.0. The Morgan fingerprint density at radius 1 is 1.00 bits per heavy atom. The number of anilines is 1. The van der Waals surface area contributed by atoms with E-state index < -0.39 is 17.9 Å². The van der Waals surface area contributed by atoms with Crippen LogP contribution < -0.4 is 5.32 Å². The number of aliphatic imine (C=N–C) groups is 1. The Balaban J connectivity index is 1.84. The number of aromatic nitrogens is 2. The molecule has 1 amide bonds. The molecule has 0 aliphatic rings. The van der Waals surface area contributed by atoms with Gasteiger partial charge in [-0.1, -0.05) is 30.3 Å². The third-order valence-corrected chi connectivity index (χ3v) is 4.53. The fourth-order valence-electron chi connectivity index (χ4n) is 3.04. The summed E-state index contributed by atoms with van der Waals surface area (Å²) in [5.74, 6) is -2.77. The van der Waals surface area contributed by atoms with Gasteiger partial charge in [0, 0.05) is 17.3 Å². The molecule has 9 nitrogen and oxygen atoms in total. The van der Waals surface area contributed by atoms with Gasteiger partial charge in [-0.15, -0.1) is 0 Å². The minimum Gasteiger partial charge on any atom is -0.465 e. The maximum absolute atomic E-state index is 12.4. The summed E-state index contributed by atoms with van der Waals surface area (Å²) in [5, 5.41) is 3.39. The molecule has 3 rings (SSSR count). The lowest BCUT2D eigenvalue weighted by molar-refractivity contribution is -0.157. The Labute approximate surface area is 190 Å². The summed E-state index contributed by atoms with van der Waals surface area (Å²) < 4.78 is 9.90. The summed E-state index contributed by atoms with van der Waals surface area (Å²) in [5.41, 5.74) is 2.03. The summed E-state index contributed by atoms with van der Waals surface area (Å²) in [4.78, 5) is 49.4. The van der Waals surface area contributed by atoms with Crippen molar-refractivity contribution in [1.82, 2.24) is 9.97 Å². The highest BCUT2D eigenvalue weighted by Crippen LogP contribution is 2.25. The van der Waals surface area contributed by atoms with Gasteiger partial charge < -0.3 is 14.8 Å². The second-order valence-electron chi connectivity index (χ2n) is 6.90. The van der Waals surface area contributed by atoms with Crippen LogP contribution in [0.5, 0.6) is 0 Å². The minimum atomic E-state index is -1.32. The largest absolute Gasteiger partial charge is 0.465 e. The number of esters is 2. The number of nitrogens with zero attached hydrogens (tertiary/aromatic N) is 3. The maximum Gasteiger partial charge on any atom is 0.325 e. The van der Waals surface area contributed by atoms with E-state index in [1.807, 2.05) is 30.3 Å². The maximum atomic E-state index is 12.4. The van der Waals surface area contributed by atoms with Gasteiger partial charge in [0.2, 0.25) is 5.91 Å². The quantitative estimate of drug-likeness (QED) is 0.303. The Bertz CT molecular complexity index is 1150. The Morgan fingerprint density at radius 2 is 1.70 bits per heavy atom. The molecule has 0 radical (unpaired) electrons. The van der Waals surface area contributed by atoms with Crippen LogP contribution in [0.1, 0.15) is 19.4 Å². The van der Waals surface area contributed by atoms with Crippen LogP contribution >= 0.6 is 0 Å². The van der Waals surface area contributed by atoms with Crippen LogP contribution in [0.2, 0.25) is 0 Å². The van der Waals surface area contributed by atoms with Crippen LogP contribution in [0.4, 0.5) is 11.5 Å². The highest BCUT2D eigenvalue weighted by molar-refractivity contribution is 6.10. The SMILES string of the molecule is CCOC(=O)C(C=Nc1ncnc2ccc(NC(=O)Cc3ccccc3)cc12)C(=O)OCC. The zero-order valence-electron chi connectivity index (χ0n) is 18.4. The predicted octanol–water partition coefficient (Wildman–Crippen LogP) is 3.26. The van der Waals surface area contributed by atoms with Crippen molar-refractivity contribution in [2.24, 2.45) is 10.9 Å². The number of rotatable bonds is 9. The molecule has 33 heavy (non-hydrogen) atoms. The number of amides is 1. The molecule has 0 saturated carbocycles. The van der Waals surface area contributed by atoms with E-state index >= 15 is 0 Å². The van der Waals surface area contributed by atoms with Gasteiger partial charge in [-0.2, -0.15) is 0 Å². The van der Waals surface area contributed by atoms with Gasteiger partial charge in [-0.25, -0.2) is 15.0 Å². The van der Waals surface area contributed by atoms with E-state index in [2.05, 4.69) is 20.3 Å². The molecule has 3 aromatic rings. The van der Waals surface area contributed by atoms with Gasteiger partial charge in [0.15, 0.2) is 11.7 Å². The Hall–Kier alpha value is -4.14. The van der Waals surface area contributed by atoms with Crippen molar-refractivity contribution in [3.05, 3.63) is 60.4 Å². The fraction of sp³-hybridized carbons (Fsp3) is 0.250. The van der Waals surface area contributed by atoms with E-state index in [1.54, 1.807) is 32.0 Å². The fourth-order valence-corrected chi connectivity index (χ4v) is 3.04. The second-order valence-corrected chi connectivity index (χ2v) is 6.90. The van der Waals surface area contributed by atoms with Crippen molar-refractivity contribution in [2.45, 2.75) is 20.3 Å². The van der Waals surface area contributed by atoms with Gasteiger partial charge in [-0.05, 0) is 37.6 Å². The topological polar surface area (TPSA) is 120 Å². The molecular weight excluding hydrogens is 424 g/mol. The number of fused-ring (bicyclic) bond motifs is 1. The molecule has 0 unspecified atom stereocenters. The molecule has 0 fully saturated rings. The molecule has 2 aromatic carbocycles. The number of carbonyl (C=O) groups is 3. The van der Waals surface area contributed by atoms with Crippen molar-refractivity contribution in [3.63, 3.8) is 0 Å². The van der Waals surface area contributed by atoms with Crippen molar-refractivity contribution < 1.29 is 23.9 Å². The second kappa shape index (κ2) is 11.5. The average molecular weight is 448 g/mol. The standard InChI is InChI=1S/C24H24N4O5/c1-3-32-23(30)19(24(31)33-4-2)14-25-22-18-13-17(10-11-20(18)26-15-27-22)28-21(29)12-16-8-6-5-7-9-16/h5-11,13-15,19H,3-4,12H2,1-2H3,(H,28,29). The lowest BCUT2D eigenvalue weighted by Crippen LogP contribution is -2.29. The van der Waals surface area contributed by atoms with E-state index in [-0.39, 0.29) is 31.4 Å². The molecule has 0 bridgehead atoms. The summed E-state index contributed by atoms with van der Waals surface area (Å²) in [7, 11) is 0. The Kier molecular flexibility index (Phi) is 8.18. The first-order valence-corrected chi connectivity index (χ1v) is 10.5. The zero-order valence-corrected chi connectivity index (χ0v) is 18.4. The van der Waals surface area contributed by atoms with E-state index in [0.717, 1.165) is 11.8 Å². The van der Waals surface area contributed by atoms with Crippen molar-refractivity contribution in [1.29, 1.82) is 0 Å². The molecule has 9 heteroatoms. The lowest BCUT2D eigenvalue weighted by atomic mass is 10.1. The van der Waals surface area contributed by atoms with E-state index in [4.69, 9.17) is 9.47 Å². The van der Waals surface area contributed by atoms with E-state index in [9.17, 15) is 14.4 Å². The molecule has 1 N–H and O–H groups in total. The first kappa shape index (κ1) is 23.5. The van der Waals surface area contributed by atoms with Crippen LogP contribution in [-0.4, -0.2) is 47.2 Å². The van der Waals surface area contributed by atoms with Gasteiger partial charge >= 0.3 is 11.9 Å². The van der Waals surface area contributed by atoms with Crippen LogP contribution in [0, 0.1) is 5.92 Å². The predicted molar refractivity (Wildman–Crippen MR) is 123 cm³/mol. The smallest absolute Gasteiger partial charge is 0.325 e. The van der Waals surface area contributed by atoms with Gasteiger partial charge in [0.05, 0.1) is 25.2 Å². The first-order valence-electron chi connectivity index (χ1n) is 10.5. The van der Waals surface area contributed by atoms with Crippen LogP contribution in [-0.2, 0) is 30.3 Å². The number of hydrogen-bond donors (Lipinski definition) is 1. The minimum absolute atomic E-state index is 0.116. The highest BCUT2D eigenvalue weighted by Gasteiger charge is 2.28. The molecular formula is C24H24N4O5. The molecule has 170 valence electrons. The van der Waals surface area contributed by atoms with Gasteiger partial charge in [0.25, 0.3) is 0 Å². The van der Waals surface area contributed by atoms with Gasteiger partial charge in [-0.3, -0.25) is 14.4 Å². The molecule has 0 aliphatic carbocycles. The number of nitrogens with one attached hydrogen (secondary N) is 1. The average Bonchev–Trinajstić information content (AvgIpc) is 2.80. The van der Waals surface area contributed by atoms with E-state index in [1.165, 1.54) is 6.33 Å². The molecule has 0 spiro atoms.